The van der Waals surface area contributed by atoms with E-state index in [1.807, 2.05) is 12.1 Å². The van der Waals surface area contributed by atoms with E-state index in [1.165, 1.54) is 11.1 Å². The fraction of sp³-hybridized carbons (Fsp3) is 0.300. The van der Waals surface area contributed by atoms with E-state index in [4.69, 9.17) is 11.6 Å². The molecule has 0 N–H and O–H groups in total. The summed E-state index contributed by atoms with van der Waals surface area (Å²) in [5, 5.41) is 0.681. The molecule has 1 nitrogen and oxygen atoms in total. The van der Waals surface area contributed by atoms with Crippen LogP contribution in [0.25, 0.3) is 5.57 Å². The Morgan fingerprint density at radius 2 is 1.92 bits per heavy atom. The summed E-state index contributed by atoms with van der Waals surface area (Å²) >= 11 is 5.72. The highest BCUT2D eigenvalue weighted by molar-refractivity contribution is 6.30. The van der Waals surface area contributed by atoms with Crippen LogP contribution < -0.4 is 0 Å². The van der Waals surface area contributed by atoms with E-state index >= 15 is 0 Å². The van der Waals surface area contributed by atoms with Crippen LogP contribution in [-0.2, 0) is 0 Å². The Morgan fingerprint density at radius 1 is 1.25 bits per heavy atom. The number of rotatable bonds is 1. The molecule has 1 rings (SSSR count). The quantitative estimate of drug-likeness (QED) is 0.646. The Labute approximate surface area is 78.1 Å². The van der Waals surface area contributed by atoms with Gasteiger partial charge in [0.05, 0.1) is 10.7 Å². The Balaban J connectivity index is 3.06. The number of hydrogen-bond donors (Lipinski definition) is 0. The molecule has 12 heavy (non-hydrogen) atoms. The molecule has 0 spiro atoms. The van der Waals surface area contributed by atoms with Gasteiger partial charge >= 0.3 is 0 Å². The van der Waals surface area contributed by atoms with Crippen LogP contribution in [0.2, 0.25) is 5.02 Å². The van der Waals surface area contributed by atoms with E-state index in [1.54, 1.807) is 6.20 Å². The topological polar surface area (TPSA) is 12.9 Å². The van der Waals surface area contributed by atoms with Crippen LogP contribution in [0.1, 0.15) is 26.5 Å². The average Bonchev–Trinajstić information content (AvgIpc) is 2.04. The van der Waals surface area contributed by atoms with E-state index in [9.17, 15) is 0 Å². The van der Waals surface area contributed by atoms with Gasteiger partial charge in [-0.15, -0.1) is 0 Å². The summed E-state index contributed by atoms with van der Waals surface area (Å²) in [7, 11) is 0. The number of hydrogen-bond acceptors (Lipinski definition) is 1. The average molecular weight is 182 g/mol. The highest BCUT2D eigenvalue weighted by Crippen LogP contribution is 2.16. The Kier molecular flexibility index (Phi) is 2.88. The normalized spacial score (nSPS) is 9.67. The first kappa shape index (κ1) is 9.27. The van der Waals surface area contributed by atoms with Gasteiger partial charge in [0.2, 0.25) is 0 Å². The maximum absolute atomic E-state index is 5.72. The third kappa shape index (κ3) is 2.08. The van der Waals surface area contributed by atoms with Crippen LogP contribution in [0.5, 0.6) is 0 Å². The van der Waals surface area contributed by atoms with Crippen molar-refractivity contribution in [2.24, 2.45) is 0 Å². The van der Waals surface area contributed by atoms with Gasteiger partial charge < -0.3 is 0 Å². The number of aromatic nitrogens is 1. The van der Waals surface area contributed by atoms with Crippen molar-refractivity contribution < 1.29 is 0 Å². The lowest BCUT2D eigenvalue weighted by Gasteiger charge is -2.02. The first-order chi connectivity index (χ1) is 5.61. The number of pyridine rings is 1. The maximum Gasteiger partial charge on any atom is 0.0659 e. The molecule has 0 amide bonds. The zero-order valence-corrected chi connectivity index (χ0v) is 8.31. The Hall–Kier alpha value is -0.820. The molecule has 2 heteroatoms. The fourth-order valence-corrected chi connectivity index (χ4v) is 0.966. The summed E-state index contributed by atoms with van der Waals surface area (Å²) in [6.07, 6.45) is 1.67. The van der Waals surface area contributed by atoms with Crippen molar-refractivity contribution in [2.45, 2.75) is 20.8 Å². The third-order valence-corrected chi connectivity index (χ3v) is 2.09. The minimum atomic E-state index is 0.681. The summed E-state index contributed by atoms with van der Waals surface area (Å²) in [6, 6.07) is 3.79. The summed E-state index contributed by atoms with van der Waals surface area (Å²) < 4.78 is 0. The van der Waals surface area contributed by atoms with E-state index < -0.39 is 0 Å². The van der Waals surface area contributed by atoms with Crippen LogP contribution in [0.4, 0.5) is 0 Å². The molecule has 1 heterocycles. The number of allylic oxidation sites excluding steroid dienone is 2. The summed E-state index contributed by atoms with van der Waals surface area (Å²) in [5.74, 6) is 0. The van der Waals surface area contributed by atoms with Gasteiger partial charge in [-0.25, -0.2) is 0 Å². The third-order valence-electron chi connectivity index (χ3n) is 1.86. The van der Waals surface area contributed by atoms with Gasteiger partial charge in [0.25, 0.3) is 0 Å². The molecule has 0 radical (unpaired) electrons. The lowest BCUT2D eigenvalue weighted by Crippen LogP contribution is -1.86. The molecule has 0 bridgehead atoms. The van der Waals surface area contributed by atoms with E-state index in [0.29, 0.717) is 5.02 Å². The van der Waals surface area contributed by atoms with E-state index in [-0.39, 0.29) is 0 Å². The van der Waals surface area contributed by atoms with Crippen molar-refractivity contribution in [2.75, 3.05) is 0 Å². The molecule has 0 saturated heterocycles. The molecule has 0 atom stereocenters. The molecule has 1 aromatic heterocycles. The molecule has 64 valence electrons. The monoisotopic (exact) mass is 181 g/mol. The van der Waals surface area contributed by atoms with Crippen molar-refractivity contribution in [3.8, 4) is 0 Å². The van der Waals surface area contributed by atoms with Crippen molar-refractivity contribution >= 4 is 17.2 Å². The van der Waals surface area contributed by atoms with Crippen LogP contribution in [-0.4, -0.2) is 4.98 Å². The molecule has 0 unspecified atom stereocenters. The summed E-state index contributed by atoms with van der Waals surface area (Å²) in [4.78, 5) is 4.21. The van der Waals surface area contributed by atoms with Gasteiger partial charge in [0.1, 0.15) is 0 Å². The zero-order valence-electron chi connectivity index (χ0n) is 7.56. The minimum absolute atomic E-state index is 0.681. The molecule has 0 fully saturated rings. The van der Waals surface area contributed by atoms with Crippen LogP contribution in [0, 0.1) is 0 Å². The maximum atomic E-state index is 5.72. The van der Waals surface area contributed by atoms with E-state index in [2.05, 4.69) is 25.8 Å². The lowest BCUT2D eigenvalue weighted by molar-refractivity contribution is 1.24. The molecule has 1 aromatic rings. The van der Waals surface area contributed by atoms with Gasteiger partial charge in [-0.1, -0.05) is 17.2 Å². The Bertz CT molecular complexity index is 294. The molecular weight excluding hydrogens is 170 g/mol. The summed E-state index contributed by atoms with van der Waals surface area (Å²) in [5.41, 5.74) is 3.50. The molecule has 0 aliphatic carbocycles. The zero-order chi connectivity index (χ0) is 9.14. The smallest absolute Gasteiger partial charge is 0.0659 e. The summed E-state index contributed by atoms with van der Waals surface area (Å²) in [6.45, 7) is 6.21. The van der Waals surface area contributed by atoms with E-state index in [0.717, 1.165) is 5.69 Å². The molecule has 0 aliphatic heterocycles. The highest BCUT2D eigenvalue weighted by Gasteiger charge is 1.97. The predicted molar refractivity (Wildman–Crippen MR) is 53.2 cm³/mol. The second-order valence-electron chi connectivity index (χ2n) is 2.99. The number of halogens is 1. The van der Waals surface area contributed by atoms with Gasteiger partial charge in [0, 0.05) is 6.20 Å². The van der Waals surface area contributed by atoms with Gasteiger partial charge in [-0.2, -0.15) is 0 Å². The predicted octanol–water partition coefficient (Wildman–Crippen LogP) is 3.55. The minimum Gasteiger partial charge on any atom is -0.255 e. The largest absolute Gasteiger partial charge is 0.255 e. The van der Waals surface area contributed by atoms with Gasteiger partial charge in [-0.3, -0.25) is 4.98 Å². The molecular formula is C10H12ClN. The van der Waals surface area contributed by atoms with Crippen LogP contribution in [0.3, 0.4) is 0 Å². The highest BCUT2D eigenvalue weighted by atomic mass is 35.5. The SMILES string of the molecule is CC(C)=C(C)c1ccc(Cl)cn1. The van der Waals surface area contributed by atoms with Crippen LogP contribution >= 0.6 is 11.6 Å². The van der Waals surface area contributed by atoms with Gasteiger partial charge in [-0.05, 0) is 38.5 Å². The second-order valence-corrected chi connectivity index (χ2v) is 3.42. The van der Waals surface area contributed by atoms with Crippen molar-refractivity contribution in [3.05, 3.63) is 34.6 Å². The molecule has 0 aliphatic rings. The van der Waals surface area contributed by atoms with Gasteiger partial charge in [0.15, 0.2) is 0 Å². The van der Waals surface area contributed by atoms with Crippen molar-refractivity contribution in [1.82, 2.24) is 4.98 Å². The standard InChI is InChI=1S/C10H12ClN/c1-7(2)8(3)10-5-4-9(11)6-12-10/h4-6H,1-3H3. The second kappa shape index (κ2) is 3.72. The first-order valence-corrected chi connectivity index (χ1v) is 4.25. The van der Waals surface area contributed by atoms with Crippen molar-refractivity contribution in [1.29, 1.82) is 0 Å². The van der Waals surface area contributed by atoms with Crippen LogP contribution in [0.15, 0.2) is 23.9 Å². The first-order valence-electron chi connectivity index (χ1n) is 3.87. The Morgan fingerprint density at radius 3 is 2.33 bits per heavy atom. The number of nitrogens with zero attached hydrogens (tertiary/aromatic N) is 1. The lowest BCUT2D eigenvalue weighted by atomic mass is 10.1. The molecule has 0 saturated carbocycles. The fourth-order valence-electron chi connectivity index (χ4n) is 0.854. The van der Waals surface area contributed by atoms with Crippen molar-refractivity contribution in [3.63, 3.8) is 0 Å². The molecule has 0 aromatic carbocycles.